The average molecular weight is 205 g/mol. The molecular formula is C12H19N3. The molecule has 1 saturated heterocycles. The quantitative estimate of drug-likeness (QED) is 0.672. The molecule has 1 aliphatic heterocycles. The predicted octanol–water partition coefficient (Wildman–Crippen LogP) is 0.897. The number of piperidine rings is 1. The molecule has 2 atom stereocenters. The summed E-state index contributed by atoms with van der Waals surface area (Å²) in [7, 11) is 0. The SMILES string of the molecule is NCc1ccccc1C1NCCCC1N. The average Bonchev–Trinajstić information content (AvgIpc) is 2.30. The zero-order valence-electron chi connectivity index (χ0n) is 8.95. The lowest BCUT2D eigenvalue weighted by molar-refractivity contribution is 0.357. The van der Waals surface area contributed by atoms with E-state index in [-0.39, 0.29) is 12.1 Å². The summed E-state index contributed by atoms with van der Waals surface area (Å²) in [4.78, 5) is 0. The third kappa shape index (κ3) is 2.20. The number of benzene rings is 1. The molecule has 3 heteroatoms. The van der Waals surface area contributed by atoms with Gasteiger partial charge in [0, 0.05) is 18.6 Å². The van der Waals surface area contributed by atoms with Crippen LogP contribution in [0.5, 0.6) is 0 Å². The normalized spacial score (nSPS) is 26.5. The number of nitrogens with two attached hydrogens (primary N) is 2. The van der Waals surface area contributed by atoms with Crippen LogP contribution in [0, 0.1) is 0 Å². The zero-order chi connectivity index (χ0) is 10.7. The van der Waals surface area contributed by atoms with Crippen LogP contribution in [0.3, 0.4) is 0 Å². The summed E-state index contributed by atoms with van der Waals surface area (Å²) >= 11 is 0. The van der Waals surface area contributed by atoms with Crippen molar-refractivity contribution in [2.24, 2.45) is 11.5 Å². The second-order valence-electron chi connectivity index (χ2n) is 4.14. The summed E-state index contributed by atoms with van der Waals surface area (Å²) in [6.45, 7) is 1.64. The lowest BCUT2D eigenvalue weighted by atomic mass is 9.90. The van der Waals surface area contributed by atoms with Crippen molar-refractivity contribution in [2.45, 2.75) is 31.5 Å². The molecule has 0 aliphatic carbocycles. The van der Waals surface area contributed by atoms with E-state index in [1.54, 1.807) is 0 Å². The Morgan fingerprint density at radius 3 is 2.87 bits per heavy atom. The summed E-state index contributed by atoms with van der Waals surface area (Å²) in [5.41, 5.74) is 14.3. The largest absolute Gasteiger partial charge is 0.326 e. The molecule has 15 heavy (non-hydrogen) atoms. The van der Waals surface area contributed by atoms with Gasteiger partial charge in [0.2, 0.25) is 0 Å². The fraction of sp³-hybridized carbons (Fsp3) is 0.500. The van der Waals surface area contributed by atoms with Gasteiger partial charge in [-0.3, -0.25) is 0 Å². The summed E-state index contributed by atoms with van der Waals surface area (Å²) in [5.74, 6) is 0. The van der Waals surface area contributed by atoms with E-state index in [2.05, 4.69) is 23.5 Å². The summed E-state index contributed by atoms with van der Waals surface area (Å²) in [5, 5.41) is 3.48. The van der Waals surface area contributed by atoms with Gasteiger partial charge in [-0.1, -0.05) is 24.3 Å². The van der Waals surface area contributed by atoms with Crippen LogP contribution in [0.1, 0.15) is 30.0 Å². The molecule has 2 rings (SSSR count). The van der Waals surface area contributed by atoms with Crippen molar-refractivity contribution in [3.8, 4) is 0 Å². The van der Waals surface area contributed by atoms with E-state index in [4.69, 9.17) is 11.5 Å². The Balaban J connectivity index is 2.26. The van der Waals surface area contributed by atoms with Crippen molar-refractivity contribution < 1.29 is 0 Å². The second kappa shape index (κ2) is 4.75. The molecule has 0 bridgehead atoms. The molecule has 0 saturated carbocycles. The molecule has 1 aromatic rings. The third-order valence-electron chi connectivity index (χ3n) is 3.12. The summed E-state index contributed by atoms with van der Waals surface area (Å²) in [6, 6.07) is 8.78. The van der Waals surface area contributed by atoms with Gasteiger partial charge in [-0.25, -0.2) is 0 Å². The van der Waals surface area contributed by atoms with Crippen LogP contribution in [0.25, 0.3) is 0 Å². The van der Waals surface area contributed by atoms with Crippen LogP contribution >= 0.6 is 0 Å². The van der Waals surface area contributed by atoms with Crippen molar-refractivity contribution in [2.75, 3.05) is 6.54 Å². The second-order valence-corrected chi connectivity index (χ2v) is 4.14. The number of hydrogen-bond acceptors (Lipinski definition) is 3. The Kier molecular flexibility index (Phi) is 3.36. The van der Waals surface area contributed by atoms with Crippen LogP contribution < -0.4 is 16.8 Å². The number of nitrogens with one attached hydrogen (secondary N) is 1. The predicted molar refractivity (Wildman–Crippen MR) is 62.3 cm³/mol. The van der Waals surface area contributed by atoms with Crippen molar-refractivity contribution in [3.63, 3.8) is 0 Å². The van der Waals surface area contributed by atoms with E-state index in [0.29, 0.717) is 6.54 Å². The highest BCUT2D eigenvalue weighted by Gasteiger charge is 2.24. The molecule has 1 aliphatic rings. The Morgan fingerprint density at radius 1 is 1.33 bits per heavy atom. The Labute approximate surface area is 90.8 Å². The molecule has 0 radical (unpaired) electrons. The van der Waals surface area contributed by atoms with E-state index >= 15 is 0 Å². The van der Waals surface area contributed by atoms with Gasteiger partial charge in [0.05, 0.1) is 0 Å². The standard InChI is InChI=1S/C12H19N3/c13-8-9-4-1-2-5-10(9)12-11(14)6-3-7-15-12/h1-2,4-5,11-12,15H,3,6-8,13-14H2. The van der Waals surface area contributed by atoms with E-state index < -0.39 is 0 Å². The van der Waals surface area contributed by atoms with Gasteiger partial charge in [-0.15, -0.1) is 0 Å². The summed E-state index contributed by atoms with van der Waals surface area (Å²) < 4.78 is 0. The molecule has 82 valence electrons. The monoisotopic (exact) mass is 205 g/mol. The molecule has 0 aromatic heterocycles. The first-order valence-electron chi connectivity index (χ1n) is 5.59. The Morgan fingerprint density at radius 2 is 2.13 bits per heavy atom. The topological polar surface area (TPSA) is 64.1 Å². The lowest BCUT2D eigenvalue weighted by Crippen LogP contribution is -2.43. The van der Waals surface area contributed by atoms with E-state index in [1.165, 1.54) is 17.5 Å². The maximum atomic E-state index is 6.13. The zero-order valence-corrected chi connectivity index (χ0v) is 8.95. The van der Waals surface area contributed by atoms with Crippen molar-refractivity contribution in [1.82, 2.24) is 5.32 Å². The first-order valence-corrected chi connectivity index (χ1v) is 5.59. The van der Waals surface area contributed by atoms with Crippen molar-refractivity contribution in [3.05, 3.63) is 35.4 Å². The lowest BCUT2D eigenvalue weighted by Gasteiger charge is -2.31. The van der Waals surface area contributed by atoms with E-state index in [9.17, 15) is 0 Å². The highest BCUT2D eigenvalue weighted by molar-refractivity contribution is 5.31. The van der Waals surface area contributed by atoms with Gasteiger partial charge >= 0.3 is 0 Å². The van der Waals surface area contributed by atoms with Gasteiger partial charge in [-0.2, -0.15) is 0 Å². The van der Waals surface area contributed by atoms with Gasteiger partial charge in [0.25, 0.3) is 0 Å². The van der Waals surface area contributed by atoms with Gasteiger partial charge < -0.3 is 16.8 Å². The van der Waals surface area contributed by atoms with Crippen LogP contribution in [0.15, 0.2) is 24.3 Å². The minimum absolute atomic E-state index is 0.214. The highest BCUT2D eigenvalue weighted by atomic mass is 15.0. The van der Waals surface area contributed by atoms with Crippen molar-refractivity contribution >= 4 is 0 Å². The maximum Gasteiger partial charge on any atom is 0.0477 e. The van der Waals surface area contributed by atoms with Gasteiger partial charge in [0.1, 0.15) is 0 Å². The molecule has 1 heterocycles. The van der Waals surface area contributed by atoms with Crippen LogP contribution in [0.2, 0.25) is 0 Å². The molecule has 0 spiro atoms. The minimum Gasteiger partial charge on any atom is -0.326 e. The minimum atomic E-state index is 0.214. The molecule has 1 aromatic carbocycles. The molecule has 3 nitrogen and oxygen atoms in total. The van der Waals surface area contributed by atoms with Gasteiger partial charge in [0.15, 0.2) is 0 Å². The van der Waals surface area contributed by atoms with Crippen LogP contribution in [0.4, 0.5) is 0 Å². The molecule has 1 fully saturated rings. The van der Waals surface area contributed by atoms with Crippen LogP contribution in [-0.2, 0) is 6.54 Å². The highest BCUT2D eigenvalue weighted by Crippen LogP contribution is 2.24. The third-order valence-corrected chi connectivity index (χ3v) is 3.12. The Hall–Kier alpha value is -0.900. The Bertz CT molecular complexity index is 324. The molecule has 2 unspecified atom stereocenters. The van der Waals surface area contributed by atoms with Crippen LogP contribution in [-0.4, -0.2) is 12.6 Å². The molecule has 0 amide bonds. The fourth-order valence-electron chi connectivity index (χ4n) is 2.28. The first-order chi connectivity index (χ1) is 7.33. The van der Waals surface area contributed by atoms with E-state index in [1.807, 2.05) is 6.07 Å². The van der Waals surface area contributed by atoms with Gasteiger partial charge in [-0.05, 0) is 30.5 Å². The summed E-state index contributed by atoms with van der Waals surface area (Å²) in [6.07, 6.45) is 2.26. The fourth-order valence-corrected chi connectivity index (χ4v) is 2.28. The van der Waals surface area contributed by atoms with E-state index in [0.717, 1.165) is 13.0 Å². The molecule has 5 N–H and O–H groups in total. The first kappa shape index (κ1) is 10.6. The number of hydrogen-bond donors (Lipinski definition) is 3. The van der Waals surface area contributed by atoms with Crippen molar-refractivity contribution in [1.29, 1.82) is 0 Å². The maximum absolute atomic E-state index is 6.13. The smallest absolute Gasteiger partial charge is 0.0477 e. The number of rotatable bonds is 2. The molecular weight excluding hydrogens is 186 g/mol.